The van der Waals surface area contributed by atoms with Crippen molar-refractivity contribution < 1.29 is 14.3 Å². The predicted octanol–water partition coefficient (Wildman–Crippen LogP) is 2.43. The van der Waals surface area contributed by atoms with Crippen LogP contribution in [0.3, 0.4) is 0 Å². The van der Waals surface area contributed by atoms with Crippen molar-refractivity contribution >= 4 is 17.7 Å². The zero-order chi connectivity index (χ0) is 18.4. The highest BCUT2D eigenvalue weighted by atomic mass is 16.6. The second kappa shape index (κ2) is 6.33. The molecule has 2 amide bonds. The van der Waals surface area contributed by atoms with E-state index >= 15 is 0 Å². The van der Waals surface area contributed by atoms with Crippen LogP contribution in [0.4, 0.5) is 10.5 Å². The largest absolute Gasteiger partial charge is 0.444 e. The van der Waals surface area contributed by atoms with Gasteiger partial charge in [-0.05, 0) is 63.8 Å². The molecule has 2 heterocycles. The van der Waals surface area contributed by atoms with Gasteiger partial charge in [0.2, 0.25) is 5.91 Å². The second-order valence-electron chi connectivity index (χ2n) is 8.00. The van der Waals surface area contributed by atoms with Crippen molar-refractivity contribution in [3.8, 4) is 0 Å². The molecule has 25 heavy (non-hydrogen) atoms. The lowest BCUT2D eigenvalue weighted by molar-refractivity contribution is -0.118. The summed E-state index contributed by atoms with van der Waals surface area (Å²) in [6.07, 6.45) is 1.16. The Morgan fingerprint density at radius 2 is 2.00 bits per heavy atom. The number of rotatable bonds is 1. The molecule has 6 nitrogen and oxygen atoms in total. The smallest absolute Gasteiger partial charge is 0.410 e. The number of anilines is 1. The standard InChI is InChI=1S/C19H27N3O3/c1-12-9-14-10-15(21-8-7-16(20)17(21)23)6-5-13(14)11-22(12)18(24)25-19(2,3)4/h5-6,10,12,16H,7-9,11,20H2,1-4H3/t12?,16-/m0/s1. The summed E-state index contributed by atoms with van der Waals surface area (Å²) in [7, 11) is 0. The number of amides is 2. The maximum Gasteiger partial charge on any atom is 0.410 e. The molecule has 3 rings (SSSR count). The Bertz CT molecular complexity index is 696. The number of hydrogen-bond donors (Lipinski definition) is 1. The molecule has 0 aromatic heterocycles. The van der Waals surface area contributed by atoms with E-state index in [9.17, 15) is 9.59 Å². The lowest BCUT2D eigenvalue weighted by Crippen LogP contribution is -2.45. The number of benzene rings is 1. The fourth-order valence-corrected chi connectivity index (χ4v) is 3.42. The van der Waals surface area contributed by atoms with Gasteiger partial charge < -0.3 is 20.3 Å². The highest BCUT2D eigenvalue weighted by Crippen LogP contribution is 2.30. The molecule has 1 saturated heterocycles. The van der Waals surface area contributed by atoms with E-state index in [1.807, 2.05) is 39.8 Å². The van der Waals surface area contributed by atoms with E-state index in [2.05, 4.69) is 6.07 Å². The summed E-state index contributed by atoms with van der Waals surface area (Å²) in [6.45, 7) is 8.83. The molecule has 0 bridgehead atoms. The van der Waals surface area contributed by atoms with Gasteiger partial charge >= 0.3 is 6.09 Å². The van der Waals surface area contributed by atoms with Crippen LogP contribution in [0.2, 0.25) is 0 Å². The second-order valence-corrected chi connectivity index (χ2v) is 8.00. The van der Waals surface area contributed by atoms with Crippen LogP contribution in [0.25, 0.3) is 0 Å². The van der Waals surface area contributed by atoms with Gasteiger partial charge in [-0.15, -0.1) is 0 Å². The molecule has 1 unspecified atom stereocenters. The van der Waals surface area contributed by atoms with Crippen molar-refractivity contribution in [1.82, 2.24) is 4.90 Å². The number of carbonyl (C=O) groups excluding carboxylic acids is 2. The van der Waals surface area contributed by atoms with Gasteiger partial charge in [-0.25, -0.2) is 4.79 Å². The van der Waals surface area contributed by atoms with Crippen LogP contribution in [0.1, 0.15) is 45.2 Å². The summed E-state index contributed by atoms with van der Waals surface area (Å²) in [5, 5.41) is 0. The van der Waals surface area contributed by atoms with Gasteiger partial charge in [-0.2, -0.15) is 0 Å². The minimum Gasteiger partial charge on any atom is -0.444 e. The molecule has 1 aromatic carbocycles. The molecule has 0 aliphatic carbocycles. The first-order valence-corrected chi connectivity index (χ1v) is 8.84. The fourth-order valence-electron chi connectivity index (χ4n) is 3.42. The highest BCUT2D eigenvalue weighted by molar-refractivity contribution is 5.99. The quantitative estimate of drug-likeness (QED) is 0.848. The van der Waals surface area contributed by atoms with Crippen LogP contribution in [-0.2, 0) is 22.5 Å². The summed E-state index contributed by atoms with van der Waals surface area (Å²) in [6, 6.07) is 5.67. The first-order chi connectivity index (χ1) is 11.7. The monoisotopic (exact) mass is 345 g/mol. The van der Waals surface area contributed by atoms with Crippen LogP contribution >= 0.6 is 0 Å². The molecule has 2 atom stereocenters. The Balaban J connectivity index is 1.79. The zero-order valence-electron chi connectivity index (χ0n) is 15.4. The first kappa shape index (κ1) is 17.7. The van der Waals surface area contributed by atoms with Crippen LogP contribution in [0.15, 0.2) is 18.2 Å². The molecule has 0 spiro atoms. The van der Waals surface area contributed by atoms with E-state index in [-0.39, 0.29) is 18.0 Å². The maximum absolute atomic E-state index is 12.4. The molecule has 0 radical (unpaired) electrons. The molecule has 136 valence electrons. The number of ether oxygens (including phenoxy) is 1. The topological polar surface area (TPSA) is 75.9 Å². The third kappa shape index (κ3) is 3.63. The third-order valence-electron chi connectivity index (χ3n) is 4.76. The fraction of sp³-hybridized carbons (Fsp3) is 0.579. The number of hydrogen-bond acceptors (Lipinski definition) is 4. The van der Waals surface area contributed by atoms with E-state index < -0.39 is 11.6 Å². The van der Waals surface area contributed by atoms with Gasteiger partial charge in [-0.3, -0.25) is 4.79 Å². The van der Waals surface area contributed by atoms with Gasteiger partial charge in [-0.1, -0.05) is 6.07 Å². The summed E-state index contributed by atoms with van der Waals surface area (Å²) < 4.78 is 5.51. The molecule has 1 fully saturated rings. The molecular formula is C19H27N3O3. The Kier molecular flexibility index (Phi) is 4.49. The van der Waals surface area contributed by atoms with Crippen LogP contribution in [0.5, 0.6) is 0 Å². The highest BCUT2D eigenvalue weighted by Gasteiger charge is 2.33. The molecule has 2 N–H and O–H groups in total. The van der Waals surface area contributed by atoms with E-state index in [0.717, 1.165) is 17.7 Å². The van der Waals surface area contributed by atoms with Crippen molar-refractivity contribution in [2.45, 2.75) is 64.8 Å². The summed E-state index contributed by atoms with van der Waals surface area (Å²) >= 11 is 0. The maximum atomic E-state index is 12.4. The molecule has 2 aliphatic heterocycles. The van der Waals surface area contributed by atoms with Crippen molar-refractivity contribution in [3.63, 3.8) is 0 Å². The minimum absolute atomic E-state index is 0.0146. The van der Waals surface area contributed by atoms with Crippen molar-refractivity contribution in [2.24, 2.45) is 5.73 Å². The zero-order valence-corrected chi connectivity index (χ0v) is 15.4. The van der Waals surface area contributed by atoms with Gasteiger partial charge in [0.25, 0.3) is 0 Å². The first-order valence-electron chi connectivity index (χ1n) is 8.84. The lowest BCUT2D eigenvalue weighted by atomic mass is 9.94. The SMILES string of the molecule is CC1Cc2cc(N3CC[C@H](N)C3=O)ccc2CN1C(=O)OC(C)(C)C. The van der Waals surface area contributed by atoms with E-state index in [1.165, 1.54) is 5.56 Å². The average molecular weight is 345 g/mol. The van der Waals surface area contributed by atoms with Gasteiger partial charge in [0.15, 0.2) is 0 Å². The summed E-state index contributed by atoms with van der Waals surface area (Å²) in [4.78, 5) is 28.1. The van der Waals surface area contributed by atoms with Crippen molar-refractivity contribution in [2.75, 3.05) is 11.4 Å². The molecule has 2 aliphatic rings. The summed E-state index contributed by atoms with van der Waals surface area (Å²) in [5.74, 6) is -0.0146. The number of carbonyl (C=O) groups is 2. The van der Waals surface area contributed by atoms with Gasteiger partial charge in [0.05, 0.1) is 6.04 Å². The lowest BCUT2D eigenvalue weighted by Gasteiger charge is -2.36. The van der Waals surface area contributed by atoms with E-state index in [0.29, 0.717) is 19.5 Å². The van der Waals surface area contributed by atoms with Gasteiger partial charge in [0.1, 0.15) is 5.60 Å². The number of fused-ring (bicyclic) bond motifs is 1. The predicted molar refractivity (Wildman–Crippen MR) is 96.3 cm³/mol. The van der Waals surface area contributed by atoms with Crippen molar-refractivity contribution in [3.05, 3.63) is 29.3 Å². The Hall–Kier alpha value is -2.08. The van der Waals surface area contributed by atoms with Crippen molar-refractivity contribution in [1.29, 1.82) is 0 Å². The number of nitrogens with two attached hydrogens (primary N) is 1. The Morgan fingerprint density at radius 1 is 1.28 bits per heavy atom. The van der Waals surface area contributed by atoms with E-state index in [1.54, 1.807) is 9.80 Å². The van der Waals surface area contributed by atoms with E-state index in [4.69, 9.17) is 10.5 Å². The minimum atomic E-state index is -0.504. The van der Waals surface area contributed by atoms with Crippen LogP contribution in [-0.4, -0.2) is 41.1 Å². The molecule has 0 saturated carbocycles. The third-order valence-corrected chi connectivity index (χ3v) is 4.76. The van der Waals surface area contributed by atoms with Crippen LogP contribution in [0, 0.1) is 0 Å². The van der Waals surface area contributed by atoms with Gasteiger partial charge in [0, 0.05) is 24.8 Å². The molecule has 6 heteroatoms. The summed E-state index contributed by atoms with van der Waals surface area (Å²) in [5.41, 5.74) is 8.49. The van der Waals surface area contributed by atoms with Crippen LogP contribution < -0.4 is 10.6 Å². The Morgan fingerprint density at radius 3 is 2.60 bits per heavy atom. The number of nitrogens with zero attached hydrogens (tertiary/aromatic N) is 2. The normalized spacial score (nSPS) is 23.6. The average Bonchev–Trinajstić information content (AvgIpc) is 2.84. The molecular weight excluding hydrogens is 318 g/mol. The Labute approximate surface area is 148 Å². The molecule has 1 aromatic rings.